The number of methoxy groups -OCH3 is 1. The predicted octanol–water partition coefficient (Wildman–Crippen LogP) is 2.01. The van der Waals surface area contributed by atoms with Gasteiger partial charge in [-0.2, -0.15) is 4.98 Å². The SMILES string of the molecule is COC(=O)c1ccc(-c2noc(CN(C[C@@H]3CCC(=O)N3)C(C)C)n2)cc1. The van der Waals surface area contributed by atoms with E-state index >= 15 is 0 Å². The maximum atomic E-state index is 11.5. The fourth-order valence-electron chi connectivity index (χ4n) is 3.04. The molecule has 2 aromatic rings. The first kappa shape index (κ1) is 19.0. The molecule has 2 heterocycles. The van der Waals surface area contributed by atoms with Crippen molar-refractivity contribution in [3.63, 3.8) is 0 Å². The lowest BCUT2D eigenvalue weighted by molar-refractivity contribution is -0.119. The molecule has 1 amide bonds. The molecule has 0 saturated carbocycles. The van der Waals surface area contributed by atoms with Crippen LogP contribution in [0.25, 0.3) is 11.4 Å². The summed E-state index contributed by atoms with van der Waals surface area (Å²) in [6.45, 7) is 5.45. The fraction of sp³-hybridized carbons (Fsp3) is 0.474. The van der Waals surface area contributed by atoms with Gasteiger partial charge in [-0.25, -0.2) is 4.79 Å². The van der Waals surface area contributed by atoms with Crippen LogP contribution in [0.1, 0.15) is 42.9 Å². The lowest BCUT2D eigenvalue weighted by Crippen LogP contribution is -2.41. The normalized spacial score (nSPS) is 16.8. The summed E-state index contributed by atoms with van der Waals surface area (Å²) in [5.74, 6) is 0.709. The van der Waals surface area contributed by atoms with Gasteiger partial charge in [0.2, 0.25) is 17.6 Å². The number of rotatable bonds is 7. The summed E-state index contributed by atoms with van der Waals surface area (Å²) in [4.78, 5) is 29.6. The van der Waals surface area contributed by atoms with Gasteiger partial charge >= 0.3 is 5.97 Å². The van der Waals surface area contributed by atoms with E-state index in [0.29, 0.717) is 30.2 Å². The predicted molar refractivity (Wildman–Crippen MR) is 97.8 cm³/mol. The van der Waals surface area contributed by atoms with E-state index in [1.165, 1.54) is 7.11 Å². The first-order chi connectivity index (χ1) is 13.0. The Morgan fingerprint density at radius 2 is 2.11 bits per heavy atom. The topological polar surface area (TPSA) is 97.6 Å². The summed E-state index contributed by atoms with van der Waals surface area (Å²) in [6, 6.07) is 7.29. The van der Waals surface area contributed by atoms with Gasteiger partial charge < -0.3 is 14.6 Å². The Morgan fingerprint density at radius 1 is 1.37 bits per heavy atom. The van der Waals surface area contributed by atoms with Crippen LogP contribution in [0.2, 0.25) is 0 Å². The van der Waals surface area contributed by atoms with Gasteiger partial charge in [0, 0.05) is 30.6 Å². The highest BCUT2D eigenvalue weighted by Crippen LogP contribution is 2.19. The molecule has 1 fully saturated rings. The maximum absolute atomic E-state index is 11.5. The third-order valence-corrected chi connectivity index (χ3v) is 4.64. The lowest BCUT2D eigenvalue weighted by Gasteiger charge is -2.27. The lowest BCUT2D eigenvalue weighted by atomic mass is 10.1. The molecule has 1 aliphatic heterocycles. The Labute approximate surface area is 157 Å². The smallest absolute Gasteiger partial charge is 0.337 e. The van der Waals surface area contributed by atoms with Gasteiger partial charge in [-0.1, -0.05) is 17.3 Å². The molecule has 1 atom stereocenters. The van der Waals surface area contributed by atoms with Crippen molar-refractivity contribution in [3.8, 4) is 11.4 Å². The second-order valence-corrected chi connectivity index (χ2v) is 6.91. The van der Waals surface area contributed by atoms with Crippen molar-refractivity contribution >= 4 is 11.9 Å². The zero-order valence-electron chi connectivity index (χ0n) is 15.8. The first-order valence-corrected chi connectivity index (χ1v) is 9.01. The van der Waals surface area contributed by atoms with Crippen LogP contribution in [0.5, 0.6) is 0 Å². The number of esters is 1. The molecular formula is C19H24N4O4. The quantitative estimate of drug-likeness (QED) is 0.743. The average molecular weight is 372 g/mol. The van der Waals surface area contributed by atoms with Crippen LogP contribution in [0.4, 0.5) is 0 Å². The standard InChI is InChI=1S/C19H24N4O4/c1-12(2)23(10-15-8-9-16(24)20-15)11-17-21-18(22-27-17)13-4-6-14(7-5-13)19(25)26-3/h4-7,12,15H,8-11H2,1-3H3,(H,20,24)/t15-/m0/s1. The molecule has 0 unspecified atom stereocenters. The van der Waals surface area contributed by atoms with E-state index in [2.05, 4.69) is 34.2 Å². The first-order valence-electron chi connectivity index (χ1n) is 9.01. The van der Waals surface area contributed by atoms with Gasteiger partial charge in [-0.15, -0.1) is 0 Å². The second kappa shape index (κ2) is 8.30. The van der Waals surface area contributed by atoms with Gasteiger partial charge in [-0.3, -0.25) is 9.69 Å². The molecule has 8 nitrogen and oxygen atoms in total. The molecule has 1 N–H and O–H groups in total. The van der Waals surface area contributed by atoms with Crippen LogP contribution in [-0.4, -0.2) is 52.7 Å². The third-order valence-electron chi connectivity index (χ3n) is 4.64. The number of carbonyl (C=O) groups excluding carboxylic acids is 2. The number of nitrogens with zero attached hydrogens (tertiary/aromatic N) is 3. The van der Waals surface area contributed by atoms with E-state index in [1.807, 2.05) is 0 Å². The van der Waals surface area contributed by atoms with Crippen molar-refractivity contribution in [2.24, 2.45) is 0 Å². The number of ether oxygens (including phenoxy) is 1. The fourth-order valence-corrected chi connectivity index (χ4v) is 3.04. The summed E-state index contributed by atoms with van der Waals surface area (Å²) >= 11 is 0. The number of nitrogens with one attached hydrogen (secondary N) is 1. The van der Waals surface area contributed by atoms with Crippen molar-refractivity contribution in [2.45, 2.75) is 45.3 Å². The Bertz CT molecular complexity index is 800. The molecule has 1 saturated heterocycles. The number of hydrogen-bond acceptors (Lipinski definition) is 7. The molecule has 8 heteroatoms. The van der Waals surface area contributed by atoms with Crippen LogP contribution < -0.4 is 5.32 Å². The van der Waals surface area contributed by atoms with Crippen LogP contribution >= 0.6 is 0 Å². The number of benzene rings is 1. The molecule has 3 rings (SSSR count). The Kier molecular flexibility index (Phi) is 5.85. The van der Waals surface area contributed by atoms with Crippen molar-refractivity contribution < 1.29 is 18.8 Å². The van der Waals surface area contributed by atoms with Crippen molar-refractivity contribution in [3.05, 3.63) is 35.7 Å². The number of aromatic nitrogens is 2. The Balaban J connectivity index is 1.66. The summed E-state index contributed by atoms with van der Waals surface area (Å²) in [7, 11) is 1.35. The van der Waals surface area contributed by atoms with Crippen LogP contribution in [0.3, 0.4) is 0 Å². The summed E-state index contributed by atoms with van der Waals surface area (Å²) in [5, 5.41) is 7.03. The molecule has 144 valence electrons. The minimum absolute atomic E-state index is 0.110. The van der Waals surface area contributed by atoms with Gasteiger partial charge in [0.25, 0.3) is 0 Å². The second-order valence-electron chi connectivity index (χ2n) is 6.91. The van der Waals surface area contributed by atoms with Crippen molar-refractivity contribution in [1.29, 1.82) is 0 Å². The van der Waals surface area contributed by atoms with E-state index in [0.717, 1.165) is 18.5 Å². The molecule has 0 bridgehead atoms. The molecule has 27 heavy (non-hydrogen) atoms. The highest BCUT2D eigenvalue weighted by molar-refractivity contribution is 5.89. The molecule has 0 spiro atoms. The summed E-state index contributed by atoms with van der Waals surface area (Å²) in [6.07, 6.45) is 1.44. The molecule has 0 aliphatic carbocycles. The van der Waals surface area contributed by atoms with E-state index in [4.69, 9.17) is 9.26 Å². The van der Waals surface area contributed by atoms with Gasteiger partial charge in [-0.05, 0) is 32.4 Å². The van der Waals surface area contributed by atoms with E-state index in [9.17, 15) is 9.59 Å². The third kappa shape index (κ3) is 4.71. The van der Waals surface area contributed by atoms with Crippen LogP contribution in [0, 0.1) is 0 Å². The maximum Gasteiger partial charge on any atom is 0.337 e. The minimum atomic E-state index is -0.387. The van der Waals surface area contributed by atoms with E-state index < -0.39 is 0 Å². The molecular weight excluding hydrogens is 348 g/mol. The molecule has 0 radical (unpaired) electrons. The van der Waals surface area contributed by atoms with Crippen molar-refractivity contribution in [2.75, 3.05) is 13.7 Å². The van der Waals surface area contributed by atoms with Gasteiger partial charge in [0.15, 0.2) is 0 Å². The highest BCUT2D eigenvalue weighted by atomic mass is 16.5. The average Bonchev–Trinajstić information content (AvgIpc) is 3.29. The minimum Gasteiger partial charge on any atom is -0.465 e. The van der Waals surface area contributed by atoms with Crippen LogP contribution in [0.15, 0.2) is 28.8 Å². The Morgan fingerprint density at radius 3 is 2.70 bits per heavy atom. The highest BCUT2D eigenvalue weighted by Gasteiger charge is 2.25. The number of carbonyl (C=O) groups is 2. The molecule has 1 aromatic heterocycles. The van der Waals surface area contributed by atoms with Crippen LogP contribution in [-0.2, 0) is 16.1 Å². The molecule has 1 aromatic carbocycles. The zero-order valence-corrected chi connectivity index (χ0v) is 15.8. The largest absolute Gasteiger partial charge is 0.465 e. The molecule has 1 aliphatic rings. The van der Waals surface area contributed by atoms with E-state index in [1.54, 1.807) is 24.3 Å². The summed E-state index contributed by atoms with van der Waals surface area (Å²) < 4.78 is 10.1. The van der Waals surface area contributed by atoms with Crippen molar-refractivity contribution in [1.82, 2.24) is 20.4 Å². The number of hydrogen-bond donors (Lipinski definition) is 1. The van der Waals surface area contributed by atoms with Gasteiger partial charge in [0.1, 0.15) is 0 Å². The number of amides is 1. The monoisotopic (exact) mass is 372 g/mol. The van der Waals surface area contributed by atoms with E-state index in [-0.39, 0.29) is 24.0 Å². The Hall–Kier alpha value is -2.74. The van der Waals surface area contributed by atoms with Gasteiger partial charge in [0.05, 0.1) is 19.2 Å². The summed E-state index contributed by atoms with van der Waals surface area (Å²) in [5.41, 5.74) is 1.23. The zero-order chi connectivity index (χ0) is 19.4.